The highest BCUT2D eigenvalue weighted by Gasteiger charge is 1.88. The van der Waals surface area contributed by atoms with Crippen LogP contribution in [0, 0.1) is 0 Å². The van der Waals surface area contributed by atoms with Crippen LogP contribution in [0.5, 0.6) is 0 Å². The molecular formula is C5H12S5. The Balaban J connectivity index is 2.65. The predicted molar refractivity (Wildman–Crippen MR) is 65.1 cm³/mol. The van der Waals surface area contributed by atoms with Gasteiger partial charge in [-0.3, -0.25) is 0 Å². The van der Waals surface area contributed by atoms with Crippen molar-refractivity contribution in [3.8, 4) is 0 Å². The standard InChI is InChI=1S/C5H12S5/c6-1-2-8-4-10-5-9-3-7/h6-7H,1-5H2. The van der Waals surface area contributed by atoms with Gasteiger partial charge in [0.1, 0.15) is 0 Å². The first-order chi connectivity index (χ1) is 4.91. The van der Waals surface area contributed by atoms with Gasteiger partial charge in [-0.1, -0.05) is 0 Å². The summed E-state index contributed by atoms with van der Waals surface area (Å²) >= 11 is 14.0. The lowest BCUT2D eigenvalue weighted by atomic mass is 11.0. The van der Waals surface area contributed by atoms with Crippen molar-refractivity contribution < 1.29 is 0 Å². The molecule has 0 radical (unpaired) electrons. The Morgan fingerprint density at radius 3 is 2.20 bits per heavy atom. The molecule has 0 heterocycles. The Bertz CT molecular complexity index is 50.0. The van der Waals surface area contributed by atoms with Crippen LogP contribution >= 0.6 is 60.5 Å². The SMILES string of the molecule is SCCSCSCSCS. The van der Waals surface area contributed by atoms with E-state index < -0.39 is 0 Å². The molecule has 0 bridgehead atoms. The van der Waals surface area contributed by atoms with Gasteiger partial charge in [-0.25, -0.2) is 0 Å². The van der Waals surface area contributed by atoms with Crippen molar-refractivity contribution in [2.45, 2.75) is 0 Å². The number of hydrogen-bond donors (Lipinski definition) is 2. The second-order valence-corrected chi connectivity index (χ2v) is 6.40. The van der Waals surface area contributed by atoms with Gasteiger partial charge in [0.15, 0.2) is 0 Å². The van der Waals surface area contributed by atoms with Crippen molar-refractivity contribution >= 4 is 60.5 Å². The molecule has 0 aliphatic carbocycles. The fraction of sp³-hybridized carbons (Fsp3) is 1.00. The zero-order chi connectivity index (χ0) is 7.66. The number of thiol groups is 2. The molecule has 0 unspecified atom stereocenters. The molecule has 0 aromatic heterocycles. The first-order valence-electron chi connectivity index (χ1n) is 2.86. The van der Waals surface area contributed by atoms with Gasteiger partial charge in [0, 0.05) is 21.0 Å². The average molecular weight is 232 g/mol. The maximum Gasteiger partial charge on any atom is 0.0408 e. The summed E-state index contributed by atoms with van der Waals surface area (Å²) in [5.74, 6) is 2.16. The van der Waals surface area contributed by atoms with Crippen LogP contribution < -0.4 is 0 Å². The molecule has 0 aliphatic rings. The van der Waals surface area contributed by atoms with Crippen molar-refractivity contribution in [3.63, 3.8) is 0 Å². The van der Waals surface area contributed by atoms with Gasteiger partial charge in [-0.05, 0) is 5.75 Å². The normalized spacial score (nSPS) is 10.2. The Labute approximate surface area is 86.9 Å². The third-order valence-corrected chi connectivity index (χ3v) is 5.08. The summed E-state index contributed by atoms with van der Waals surface area (Å²) in [5, 5.41) is 3.30. The van der Waals surface area contributed by atoms with Crippen LogP contribution in [0.4, 0.5) is 0 Å². The molecule has 0 saturated heterocycles. The summed E-state index contributed by atoms with van der Waals surface area (Å²) in [7, 11) is 0. The Kier molecular flexibility index (Phi) is 12.6. The Hall–Kier alpha value is 1.75. The van der Waals surface area contributed by atoms with E-state index in [0.717, 1.165) is 10.8 Å². The Morgan fingerprint density at radius 2 is 1.60 bits per heavy atom. The molecular weight excluding hydrogens is 220 g/mol. The van der Waals surface area contributed by atoms with E-state index in [9.17, 15) is 0 Å². The minimum Gasteiger partial charge on any atom is -0.179 e. The topological polar surface area (TPSA) is 0 Å². The first kappa shape index (κ1) is 11.8. The fourth-order valence-electron chi connectivity index (χ4n) is 0.313. The Morgan fingerprint density at radius 1 is 0.900 bits per heavy atom. The second-order valence-electron chi connectivity index (χ2n) is 1.40. The molecule has 0 atom stereocenters. The summed E-state index contributed by atoms with van der Waals surface area (Å²) in [6.07, 6.45) is 0. The van der Waals surface area contributed by atoms with Crippen LogP contribution in [0.3, 0.4) is 0 Å². The van der Waals surface area contributed by atoms with E-state index in [1.54, 1.807) is 0 Å². The van der Waals surface area contributed by atoms with Crippen molar-refractivity contribution in [3.05, 3.63) is 0 Å². The molecule has 0 rings (SSSR count). The van der Waals surface area contributed by atoms with Crippen molar-refractivity contribution in [2.24, 2.45) is 0 Å². The summed E-state index contributed by atoms with van der Waals surface area (Å²) < 4.78 is 0. The van der Waals surface area contributed by atoms with E-state index in [1.807, 2.05) is 35.3 Å². The fourth-order valence-corrected chi connectivity index (χ4v) is 4.10. The number of thioether (sulfide) groups is 3. The lowest BCUT2D eigenvalue weighted by Crippen LogP contribution is -1.80. The van der Waals surface area contributed by atoms with Gasteiger partial charge in [-0.15, -0.1) is 23.5 Å². The molecule has 62 valence electrons. The molecule has 0 amide bonds. The minimum atomic E-state index is 0.935. The molecule has 0 N–H and O–H groups in total. The average Bonchev–Trinajstić information content (AvgIpc) is 1.97. The predicted octanol–water partition coefficient (Wildman–Crippen LogP) is 2.92. The maximum atomic E-state index is 4.12. The van der Waals surface area contributed by atoms with Gasteiger partial charge in [-0.2, -0.15) is 37.0 Å². The van der Waals surface area contributed by atoms with Crippen molar-refractivity contribution in [1.82, 2.24) is 0 Å². The lowest BCUT2D eigenvalue weighted by Gasteiger charge is -1.97. The highest BCUT2D eigenvalue weighted by molar-refractivity contribution is 8.24. The number of rotatable bonds is 7. The van der Waals surface area contributed by atoms with E-state index >= 15 is 0 Å². The monoisotopic (exact) mass is 232 g/mol. The van der Waals surface area contributed by atoms with E-state index in [4.69, 9.17) is 0 Å². The molecule has 0 fully saturated rings. The zero-order valence-electron chi connectivity index (χ0n) is 5.65. The summed E-state index contributed by atoms with van der Waals surface area (Å²) in [5.41, 5.74) is 0. The van der Waals surface area contributed by atoms with Gasteiger partial charge < -0.3 is 0 Å². The van der Waals surface area contributed by atoms with Crippen LogP contribution in [-0.4, -0.2) is 26.8 Å². The highest BCUT2D eigenvalue weighted by Crippen LogP contribution is 2.17. The van der Waals surface area contributed by atoms with Gasteiger partial charge in [0.05, 0.1) is 0 Å². The molecule has 0 aromatic carbocycles. The molecule has 0 aromatic rings. The van der Waals surface area contributed by atoms with Crippen molar-refractivity contribution in [1.29, 1.82) is 0 Å². The van der Waals surface area contributed by atoms with Gasteiger partial charge >= 0.3 is 0 Å². The minimum absolute atomic E-state index is 0.935. The summed E-state index contributed by atoms with van der Waals surface area (Å²) in [6.45, 7) is 0. The lowest BCUT2D eigenvalue weighted by molar-refractivity contribution is 1.57. The second kappa shape index (κ2) is 10.8. The molecule has 0 saturated carbocycles. The van der Waals surface area contributed by atoms with Gasteiger partial charge in [0.25, 0.3) is 0 Å². The molecule has 0 aliphatic heterocycles. The highest BCUT2D eigenvalue weighted by atomic mass is 32.2. The van der Waals surface area contributed by atoms with Crippen LogP contribution in [0.2, 0.25) is 0 Å². The summed E-state index contributed by atoms with van der Waals surface area (Å²) in [4.78, 5) is 0. The molecule has 0 spiro atoms. The smallest absolute Gasteiger partial charge is 0.0408 e. The first-order valence-corrected chi connectivity index (χ1v) is 7.59. The summed E-state index contributed by atoms with van der Waals surface area (Å²) in [6, 6.07) is 0. The van der Waals surface area contributed by atoms with Crippen LogP contribution in [0.15, 0.2) is 0 Å². The van der Waals surface area contributed by atoms with E-state index in [1.165, 1.54) is 15.9 Å². The molecule has 10 heavy (non-hydrogen) atoms. The van der Waals surface area contributed by atoms with E-state index in [-0.39, 0.29) is 0 Å². The van der Waals surface area contributed by atoms with Crippen LogP contribution in [0.25, 0.3) is 0 Å². The van der Waals surface area contributed by atoms with Crippen LogP contribution in [0.1, 0.15) is 0 Å². The molecule has 5 heteroatoms. The van der Waals surface area contributed by atoms with Crippen LogP contribution in [-0.2, 0) is 0 Å². The van der Waals surface area contributed by atoms with Crippen molar-refractivity contribution in [2.75, 3.05) is 26.8 Å². The van der Waals surface area contributed by atoms with E-state index in [0.29, 0.717) is 0 Å². The quantitative estimate of drug-likeness (QED) is 0.394. The van der Waals surface area contributed by atoms with Gasteiger partial charge in [0.2, 0.25) is 0 Å². The third-order valence-electron chi connectivity index (χ3n) is 0.660. The zero-order valence-corrected chi connectivity index (χ0v) is 9.89. The number of hydrogen-bond acceptors (Lipinski definition) is 5. The third kappa shape index (κ3) is 9.75. The largest absolute Gasteiger partial charge is 0.179 e. The maximum absolute atomic E-state index is 4.12. The van der Waals surface area contributed by atoms with E-state index in [2.05, 4.69) is 25.3 Å². The molecule has 0 nitrogen and oxygen atoms in total.